The smallest absolute Gasteiger partial charge is 0.326 e. The molecule has 0 radical (unpaired) electrons. The van der Waals surface area contributed by atoms with E-state index in [4.69, 9.17) is 57.3 Å². The number of aromatic nitrogens is 1. The van der Waals surface area contributed by atoms with Gasteiger partial charge < -0.3 is 131 Å². The van der Waals surface area contributed by atoms with Crippen molar-refractivity contribution in [3.05, 3.63) is 36.0 Å². The molecule has 0 bridgehead atoms. The third kappa shape index (κ3) is 40.3. The molecule has 0 spiro atoms. The number of rotatable bonds is 61. The van der Waals surface area contributed by atoms with E-state index in [1.807, 2.05) is 39.8 Å². The van der Waals surface area contributed by atoms with Gasteiger partial charge in [0.1, 0.15) is 72.5 Å². The predicted molar refractivity (Wildman–Crippen MR) is 449 cm³/mol. The highest BCUT2D eigenvalue weighted by molar-refractivity contribution is 6.00. The van der Waals surface area contributed by atoms with E-state index >= 15 is 4.79 Å². The summed E-state index contributed by atoms with van der Waals surface area (Å²) in [4.78, 5) is 196. The molecule has 0 saturated carbocycles. The number of unbranched alkanes of at least 4 members (excludes halogenated alkanes) is 5. The third-order valence-corrected chi connectivity index (χ3v) is 19.4. The summed E-state index contributed by atoms with van der Waals surface area (Å²) in [5, 5.41) is 43.5. The first kappa shape index (κ1) is 103. The maximum Gasteiger partial charge on any atom is 0.326 e. The van der Waals surface area contributed by atoms with Gasteiger partial charge in [-0.15, -0.1) is 0 Å². The Morgan fingerprint density at radius 2 is 0.667 bits per heavy atom. The van der Waals surface area contributed by atoms with Crippen molar-refractivity contribution in [3.8, 4) is 0 Å². The molecule has 1 heterocycles. The second-order valence-electron chi connectivity index (χ2n) is 31.3. The quantitative estimate of drug-likeness (QED) is 0.0180. The summed E-state index contributed by atoms with van der Waals surface area (Å²) < 4.78 is 0. The number of aliphatic imine (C=N–C) groups is 2. The Balaban J connectivity index is 2.56. The van der Waals surface area contributed by atoms with Crippen LogP contribution in [0, 0.1) is 23.7 Å². The molecule has 0 saturated heterocycles. The van der Waals surface area contributed by atoms with Crippen LogP contribution in [0.3, 0.4) is 0 Å². The first-order valence-corrected chi connectivity index (χ1v) is 41.2. The largest absolute Gasteiger partial charge is 0.480 e. The maximum atomic E-state index is 15.1. The van der Waals surface area contributed by atoms with Crippen molar-refractivity contribution in [1.82, 2.24) is 68.8 Å². The van der Waals surface area contributed by atoms with Gasteiger partial charge in [-0.1, -0.05) is 73.6 Å². The maximum absolute atomic E-state index is 15.1. The van der Waals surface area contributed by atoms with E-state index < -0.39 is 167 Å². The zero-order chi connectivity index (χ0) is 87.9. The number of guanidine groups is 2. The Morgan fingerprint density at radius 1 is 0.359 bits per heavy atom. The first-order chi connectivity index (χ1) is 55.4. The van der Waals surface area contributed by atoms with E-state index in [9.17, 15) is 62.6 Å². The molecule has 2 rings (SSSR count). The molecule has 0 aliphatic rings. The van der Waals surface area contributed by atoms with E-state index in [0.29, 0.717) is 100 Å². The van der Waals surface area contributed by atoms with Gasteiger partial charge in [0.25, 0.3) is 0 Å². The fourth-order valence-electron chi connectivity index (χ4n) is 12.8. The summed E-state index contributed by atoms with van der Waals surface area (Å²) in [6.07, 6.45) is 6.81. The molecule has 0 fully saturated rings. The fourth-order valence-corrected chi connectivity index (χ4v) is 12.8. The third-order valence-electron chi connectivity index (χ3n) is 19.4. The molecule has 13 atom stereocenters. The Labute approximate surface area is 688 Å². The van der Waals surface area contributed by atoms with Gasteiger partial charge in [0.2, 0.25) is 70.9 Å². The molecule has 662 valence electrons. The minimum Gasteiger partial charge on any atom is -0.480 e. The summed E-state index contributed by atoms with van der Waals surface area (Å²) in [6.45, 7) is 16.9. The number of hydrogen-bond donors (Lipinski definition) is 24. The van der Waals surface area contributed by atoms with Gasteiger partial charge in [-0.25, -0.2) is 4.79 Å². The zero-order valence-corrected chi connectivity index (χ0v) is 70.1. The SMILES string of the molecule is CC(C)C[C@H](NC(=O)[C@H](CCCN=C(N)N)NC(=O)[C@@H](N)CCCN=C(N)N)C(=O)N[C@@H](CCCCN)C(=O)N[C@@H](C)C(=O)N[C@H](C(=O)N[C@@H](Cc1c[nH]c2ccccc12)C(=O)N[C@@H](CCCCN)C(=O)N[C@@H](CCCCN)C(=O)N[C@H](C(=O)N[C@@H](CC(C)C)C(=O)N[C@@H](CCCCN)C(=O)N[C@@H](CCCCN)C(=O)O)C(C)C)C(C)C. The van der Waals surface area contributed by atoms with Crippen LogP contribution in [0.2, 0.25) is 0 Å². The highest BCUT2D eigenvalue weighted by Crippen LogP contribution is 2.21. The van der Waals surface area contributed by atoms with Gasteiger partial charge >= 0.3 is 5.97 Å². The van der Waals surface area contributed by atoms with Crippen molar-refractivity contribution in [2.45, 2.75) is 282 Å². The van der Waals surface area contributed by atoms with Crippen LogP contribution < -0.4 is 121 Å². The lowest BCUT2D eigenvalue weighted by Crippen LogP contribution is -2.61. The van der Waals surface area contributed by atoms with Gasteiger partial charge in [0, 0.05) is 36.6 Å². The molecule has 1 aromatic heterocycles. The molecule has 1 aromatic carbocycles. The van der Waals surface area contributed by atoms with Crippen LogP contribution in [0.1, 0.15) is 203 Å². The molecule has 39 heteroatoms. The Morgan fingerprint density at radius 3 is 1.05 bits per heavy atom. The summed E-state index contributed by atoms with van der Waals surface area (Å²) in [6, 6.07) is -9.49. The fraction of sp³-hybridized carbons (Fsp3) is 0.705. The number of nitrogens with zero attached hydrogens (tertiary/aromatic N) is 2. The lowest BCUT2D eigenvalue weighted by Gasteiger charge is -2.30. The van der Waals surface area contributed by atoms with Crippen LogP contribution >= 0.6 is 0 Å². The monoisotopic (exact) mass is 1650 g/mol. The van der Waals surface area contributed by atoms with Crippen molar-refractivity contribution in [2.75, 3.05) is 45.8 Å². The van der Waals surface area contributed by atoms with Crippen molar-refractivity contribution < 1.29 is 67.4 Å². The number of carbonyl (C=O) groups excluding carboxylic acids is 12. The summed E-state index contributed by atoms with van der Waals surface area (Å²) in [5.74, 6) is -12.5. The van der Waals surface area contributed by atoms with Crippen LogP contribution in [-0.2, 0) is 68.7 Å². The van der Waals surface area contributed by atoms with Crippen LogP contribution in [0.15, 0.2) is 40.4 Å². The topological polar surface area (TPSA) is 687 Å². The molecule has 12 amide bonds. The Bertz CT molecular complexity index is 3490. The second-order valence-corrected chi connectivity index (χ2v) is 31.3. The number of nitrogens with two attached hydrogens (primary N) is 10. The number of amides is 12. The molecule has 0 aliphatic heterocycles. The van der Waals surface area contributed by atoms with E-state index in [-0.39, 0.29) is 127 Å². The van der Waals surface area contributed by atoms with Gasteiger partial charge in [-0.3, -0.25) is 67.5 Å². The minimum absolute atomic E-state index is 0.00594. The number of aliphatic carboxylic acids is 1. The van der Waals surface area contributed by atoms with Gasteiger partial charge in [-0.05, 0) is 210 Å². The van der Waals surface area contributed by atoms with Crippen molar-refractivity contribution >= 4 is 99.7 Å². The molecule has 34 N–H and O–H groups in total. The van der Waals surface area contributed by atoms with Gasteiger partial charge in [-0.2, -0.15) is 0 Å². The molecular weight excluding hydrogens is 1510 g/mol. The van der Waals surface area contributed by atoms with E-state index in [1.165, 1.54) is 6.92 Å². The van der Waals surface area contributed by atoms with Gasteiger partial charge in [0.15, 0.2) is 11.9 Å². The summed E-state index contributed by atoms with van der Waals surface area (Å²) in [7, 11) is 0. The predicted octanol–water partition coefficient (Wildman–Crippen LogP) is -2.88. The molecular formula is C78H141N25O14. The molecule has 117 heavy (non-hydrogen) atoms. The number of hydrogen-bond acceptors (Lipinski definition) is 21. The van der Waals surface area contributed by atoms with Crippen molar-refractivity contribution in [2.24, 2.45) is 91.0 Å². The average molecular weight is 1650 g/mol. The zero-order valence-electron chi connectivity index (χ0n) is 70.1. The number of fused-ring (bicyclic) bond motifs is 1. The molecule has 39 nitrogen and oxygen atoms in total. The second kappa shape index (κ2) is 56.5. The first-order valence-electron chi connectivity index (χ1n) is 41.2. The highest BCUT2D eigenvalue weighted by atomic mass is 16.4. The number of aromatic amines is 1. The van der Waals surface area contributed by atoms with E-state index in [2.05, 4.69) is 78.8 Å². The van der Waals surface area contributed by atoms with Crippen LogP contribution in [0.4, 0.5) is 0 Å². The Hall–Kier alpha value is -9.83. The molecule has 0 aliphatic carbocycles. The molecule has 0 unspecified atom stereocenters. The number of para-hydroxylation sites is 1. The van der Waals surface area contributed by atoms with Crippen LogP contribution in [0.5, 0.6) is 0 Å². The Kier molecular flexibility index (Phi) is 49.9. The number of benzene rings is 1. The van der Waals surface area contributed by atoms with Crippen LogP contribution in [-0.4, -0.2) is 223 Å². The van der Waals surface area contributed by atoms with E-state index in [1.54, 1.807) is 46.0 Å². The highest BCUT2D eigenvalue weighted by Gasteiger charge is 2.39. The lowest BCUT2D eigenvalue weighted by atomic mass is 9.98. The number of carboxylic acids is 1. The van der Waals surface area contributed by atoms with Crippen LogP contribution in [0.25, 0.3) is 10.9 Å². The summed E-state index contributed by atoms with van der Waals surface area (Å²) in [5.41, 5.74) is 58.5. The summed E-state index contributed by atoms with van der Waals surface area (Å²) >= 11 is 0. The van der Waals surface area contributed by atoms with Gasteiger partial charge in [0.05, 0.1) is 6.04 Å². The van der Waals surface area contributed by atoms with Crippen molar-refractivity contribution in [1.29, 1.82) is 0 Å². The van der Waals surface area contributed by atoms with E-state index in [0.717, 1.165) is 0 Å². The average Bonchev–Trinajstić information content (AvgIpc) is 1.73. The normalized spacial score (nSPS) is 14.7. The number of carbonyl (C=O) groups is 13. The number of nitrogens with one attached hydrogen (secondary N) is 13. The van der Waals surface area contributed by atoms with Crippen molar-refractivity contribution in [3.63, 3.8) is 0 Å². The number of carboxylic acid groups (broad SMARTS) is 1. The standard InChI is InChI=1S/C78H141N25O14/c1-44(2)40-59(99-69(109)57(32-23-39-90-78(87)88)93-65(105)51(84)25-22-38-89-77(85)86)71(111)95-53(27-12-17-33-79)66(106)92-48(9)64(104)102-62(46(5)6)74(114)101-61(42-49-43-91-52-26-11-10-24-50(49)52)73(113)97-54(28-13-18-34-80)67(107)94-56(30-15-20-36-82)70(110)103-63(47(7)8)75(115)100-60(41-45(3)4)72(112)96-55(29-14-19-35-81)68(108)98-58(76(116)117)31-16-21-37-83/h10-11,24,26,43-48,51,53-63,91H,12-23,25,27-42,79-84H2,1-9H3,(H,92,106)(H,93,105)(H,94,107)(H,95,111)(H,96,112)(H,97,113)(H,98,108)(H,99,109)(H,100,115)(H,101,114)(H,102,104)(H,103,110)(H,116,117)(H4,85,86,89)(H4,87,88,90)/t48-,51-,53-,54-,55-,56-,57-,58-,59-,60-,61-,62-,63-/m0/s1. The lowest BCUT2D eigenvalue weighted by molar-refractivity contribution is -0.142. The molecule has 2 aromatic rings. The number of H-pyrrole nitrogens is 1. The minimum atomic E-state index is -1.45.